The lowest BCUT2D eigenvalue weighted by Crippen LogP contribution is -2.52. The minimum atomic E-state index is -5.14. The molecule has 0 aliphatic carbocycles. The Hall–Kier alpha value is -1.84. The van der Waals surface area contributed by atoms with Crippen LogP contribution in [-0.4, -0.2) is 59.9 Å². The van der Waals surface area contributed by atoms with E-state index in [1.165, 1.54) is 18.2 Å². The first kappa shape index (κ1) is 19.5. The second-order valence-corrected chi connectivity index (χ2v) is 6.03. The van der Waals surface area contributed by atoms with Crippen LogP contribution in [0.15, 0.2) is 18.2 Å². The molecule has 1 saturated heterocycles. The lowest BCUT2D eigenvalue weighted by atomic mass is 10.1. The summed E-state index contributed by atoms with van der Waals surface area (Å²) in [6, 6.07) is 3.79. The molecule has 2 rings (SSSR count). The van der Waals surface area contributed by atoms with Crippen LogP contribution in [0.1, 0.15) is 17.3 Å². The summed E-state index contributed by atoms with van der Waals surface area (Å²) >= 11 is 5.95. The van der Waals surface area contributed by atoms with Crippen molar-refractivity contribution in [3.63, 3.8) is 0 Å². The zero-order chi connectivity index (χ0) is 18.8. The van der Waals surface area contributed by atoms with Crippen molar-refractivity contribution in [3.8, 4) is 0 Å². The highest BCUT2D eigenvalue weighted by Crippen LogP contribution is 2.32. The van der Waals surface area contributed by atoms with Crippen LogP contribution >= 0.6 is 11.6 Å². The number of aliphatic hydroxyl groups is 1. The fraction of sp³-hybridized carbons (Fsp3) is 0.467. The molecule has 2 N–H and O–H groups in total. The number of nitrogens with one attached hydrogen (secondary N) is 1. The van der Waals surface area contributed by atoms with E-state index in [1.807, 2.05) is 5.32 Å². The molecular weight excluding hydrogens is 365 g/mol. The fourth-order valence-electron chi connectivity index (χ4n) is 2.07. The normalized spacial score (nSPS) is 17.8. The summed E-state index contributed by atoms with van der Waals surface area (Å²) in [6.07, 6.45) is -5.14. The molecule has 1 fully saturated rings. The van der Waals surface area contributed by atoms with Crippen molar-refractivity contribution < 1.29 is 32.6 Å². The Bertz CT molecular complexity index is 673. The average Bonchev–Trinajstić information content (AvgIpc) is 2.55. The van der Waals surface area contributed by atoms with E-state index >= 15 is 0 Å². The SMILES string of the molecule is C[C@@](O)(C(=O)Nc1ccc(C(=O)N2CCOCC2)cc1Cl)C(F)(F)F. The molecule has 0 bridgehead atoms. The van der Waals surface area contributed by atoms with Crippen molar-refractivity contribution >= 4 is 29.1 Å². The van der Waals surface area contributed by atoms with Gasteiger partial charge in [-0.3, -0.25) is 9.59 Å². The fourth-order valence-corrected chi connectivity index (χ4v) is 2.30. The third-order valence-corrected chi connectivity index (χ3v) is 4.07. The third-order valence-electron chi connectivity index (χ3n) is 3.76. The molecule has 138 valence electrons. The number of amides is 2. The number of carbonyl (C=O) groups is 2. The van der Waals surface area contributed by atoms with Gasteiger partial charge < -0.3 is 20.1 Å². The van der Waals surface area contributed by atoms with Gasteiger partial charge in [0.15, 0.2) is 0 Å². The third kappa shape index (κ3) is 4.23. The Kier molecular flexibility index (Phi) is 5.60. The number of morpholine rings is 1. The van der Waals surface area contributed by atoms with Gasteiger partial charge in [-0.15, -0.1) is 0 Å². The van der Waals surface area contributed by atoms with E-state index in [1.54, 1.807) is 4.90 Å². The summed E-state index contributed by atoms with van der Waals surface area (Å²) < 4.78 is 43.1. The van der Waals surface area contributed by atoms with Gasteiger partial charge >= 0.3 is 6.18 Å². The van der Waals surface area contributed by atoms with E-state index in [4.69, 9.17) is 16.3 Å². The van der Waals surface area contributed by atoms with Crippen LogP contribution < -0.4 is 5.32 Å². The van der Waals surface area contributed by atoms with Crippen LogP contribution in [0, 0.1) is 0 Å². The lowest BCUT2D eigenvalue weighted by Gasteiger charge is -2.27. The van der Waals surface area contributed by atoms with E-state index in [2.05, 4.69) is 0 Å². The molecule has 0 radical (unpaired) electrons. The van der Waals surface area contributed by atoms with Crippen molar-refractivity contribution in [2.75, 3.05) is 31.6 Å². The quantitative estimate of drug-likeness (QED) is 0.841. The first-order chi connectivity index (χ1) is 11.5. The average molecular weight is 381 g/mol. The maximum atomic E-state index is 12.7. The minimum Gasteiger partial charge on any atom is -0.378 e. The van der Waals surface area contributed by atoms with Gasteiger partial charge in [0.1, 0.15) is 0 Å². The first-order valence-corrected chi connectivity index (χ1v) is 7.69. The largest absolute Gasteiger partial charge is 0.426 e. The molecule has 2 amide bonds. The molecule has 1 aromatic rings. The molecule has 0 spiro atoms. The maximum Gasteiger partial charge on any atom is 0.426 e. The highest BCUT2D eigenvalue weighted by molar-refractivity contribution is 6.34. The van der Waals surface area contributed by atoms with Crippen LogP contribution in [0.25, 0.3) is 0 Å². The first-order valence-electron chi connectivity index (χ1n) is 7.31. The van der Waals surface area contributed by atoms with Gasteiger partial charge in [-0.2, -0.15) is 13.2 Å². The molecule has 0 aromatic heterocycles. The van der Waals surface area contributed by atoms with Crippen LogP contribution in [0.4, 0.5) is 18.9 Å². The molecular formula is C15H16ClF3N2O4. The summed E-state index contributed by atoms with van der Waals surface area (Å²) in [5.74, 6) is -1.97. The molecule has 6 nitrogen and oxygen atoms in total. The van der Waals surface area contributed by atoms with E-state index in [-0.39, 0.29) is 22.2 Å². The number of hydrogen-bond acceptors (Lipinski definition) is 4. The Balaban J connectivity index is 2.14. The molecule has 1 heterocycles. The predicted molar refractivity (Wildman–Crippen MR) is 83.5 cm³/mol. The van der Waals surface area contributed by atoms with Gasteiger partial charge in [-0.05, 0) is 25.1 Å². The van der Waals surface area contributed by atoms with Gasteiger partial charge in [0.25, 0.3) is 11.8 Å². The number of nitrogens with zero attached hydrogens (tertiary/aromatic N) is 1. The van der Waals surface area contributed by atoms with E-state index in [0.29, 0.717) is 33.2 Å². The van der Waals surface area contributed by atoms with Crippen LogP contribution in [-0.2, 0) is 9.53 Å². The Morgan fingerprint density at radius 1 is 1.28 bits per heavy atom. The molecule has 1 aromatic carbocycles. The molecule has 10 heteroatoms. The van der Waals surface area contributed by atoms with Crippen molar-refractivity contribution in [3.05, 3.63) is 28.8 Å². The standard InChI is InChI=1S/C15H16ClF3N2O4/c1-14(24,15(17,18)19)13(23)20-11-3-2-9(8-10(11)16)12(22)21-4-6-25-7-5-21/h2-3,8,24H,4-7H2,1H3,(H,20,23)/t14-/m1/s1. The summed E-state index contributed by atoms with van der Waals surface area (Å²) in [5.41, 5.74) is -3.49. The number of carbonyl (C=O) groups excluding carboxylic acids is 2. The molecule has 1 aliphatic rings. The van der Waals surface area contributed by atoms with Crippen molar-refractivity contribution in [1.82, 2.24) is 4.90 Å². The van der Waals surface area contributed by atoms with Crippen molar-refractivity contribution in [2.45, 2.75) is 18.7 Å². The summed E-state index contributed by atoms with van der Waals surface area (Å²) in [5, 5.41) is 11.1. The van der Waals surface area contributed by atoms with Crippen molar-refractivity contribution in [1.29, 1.82) is 0 Å². The topological polar surface area (TPSA) is 78.9 Å². The molecule has 1 aliphatic heterocycles. The van der Waals surface area contributed by atoms with E-state index < -0.39 is 17.7 Å². The van der Waals surface area contributed by atoms with Gasteiger partial charge in [-0.25, -0.2) is 0 Å². The second kappa shape index (κ2) is 7.19. The van der Waals surface area contributed by atoms with Gasteiger partial charge in [0.05, 0.1) is 23.9 Å². The van der Waals surface area contributed by atoms with Crippen molar-refractivity contribution in [2.24, 2.45) is 0 Å². The molecule has 1 atom stereocenters. The van der Waals surface area contributed by atoms with E-state index in [9.17, 15) is 27.9 Å². The van der Waals surface area contributed by atoms with Crippen LogP contribution in [0.3, 0.4) is 0 Å². The van der Waals surface area contributed by atoms with Gasteiger partial charge in [-0.1, -0.05) is 11.6 Å². The number of hydrogen-bond donors (Lipinski definition) is 2. The summed E-state index contributed by atoms with van der Waals surface area (Å²) in [4.78, 5) is 25.5. The number of rotatable bonds is 3. The lowest BCUT2D eigenvalue weighted by molar-refractivity contribution is -0.242. The Morgan fingerprint density at radius 3 is 2.40 bits per heavy atom. The Morgan fingerprint density at radius 2 is 1.88 bits per heavy atom. The van der Waals surface area contributed by atoms with Crippen LogP contribution in [0.2, 0.25) is 5.02 Å². The maximum absolute atomic E-state index is 12.7. The number of ether oxygens (including phenoxy) is 1. The predicted octanol–water partition coefficient (Wildman–Crippen LogP) is 2.06. The zero-order valence-electron chi connectivity index (χ0n) is 13.2. The number of anilines is 1. The highest BCUT2D eigenvalue weighted by atomic mass is 35.5. The molecule has 25 heavy (non-hydrogen) atoms. The number of benzene rings is 1. The van der Waals surface area contributed by atoms with Gasteiger partial charge in [0, 0.05) is 18.7 Å². The molecule has 0 unspecified atom stereocenters. The summed E-state index contributed by atoms with van der Waals surface area (Å²) in [6.45, 7) is 2.01. The number of halogens is 4. The van der Waals surface area contributed by atoms with Gasteiger partial charge in [0.2, 0.25) is 5.60 Å². The van der Waals surface area contributed by atoms with Crippen LogP contribution in [0.5, 0.6) is 0 Å². The Labute approximate surface area is 146 Å². The second-order valence-electron chi connectivity index (χ2n) is 5.62. The smallest absolute Gasteiger partial charge is 0.378 e. The number of alkyl halides is 3. The monoisotopic (exact) mass is 380 g/mol. The van der Waals surface area contributed by atoms with E-state index in [0.717, 1.165) is 0 Å². The highest BCUT2D eigenvalue weighted by Gasteiger charge is 2.55. The minimum absolute atomic E-state index is 0.120. The molecule has 0 saturated carbocycles. The summed E-state index contributed by atoms with van der Waals surface area (Å²) in [7, 11) is 0. The zero-order valence-corrected chi connectivity index (χ0v) is 13.9.